The number of nitrogens with zero attached hydrogens (tertiary/aromatic N) is 1. The van der Waals surface area contributed by atoms with Crippen LogP contribution in [0.2, 0.25) is 0 Å². The summed E-state index contributed by atoms with van der Waals surface area (Å²) in [4.78, 5) is 2.42. The van der Waals surface area contributed by atoms with Gasteiger partial charge < -0.3 is 13.7 Å². The van der Waals surface area contributed by atoms with Crippen molar-refractivity contribution in [3.05, 3.63) is 247 Å². The molecule has 2 aromatic heterocycles. The predicted molar refractivity (Wildman–Crippen MR) is 256 cm³/mol. The van der Waals surface area contributed by atoms with Crippen molar-refractivity contribution in [2.75, 3.05) is 4.90 Å². The van der Waals surface area contributed by atoms with Gasteiger partial charge in [0.2, 0.25) is 0 Å². The Hall–Kier alpha value is -8.14. The summed E-state index contributed by atoms with van der Waals surface area (Å²) < 4.78 is 13.5. The SMILES string of the molecule is c1ccc(N(c2ccc3c(c2)C(c2ccccc2)(c2ccccc2)c2ccccc2-3)c2cc(-c3cccc4ccccc34)c3oc4ccc5oc6ccccc6c5c4c3c2)cc1. The van der Waals surface area contributed by atoms with Crippen LogP contribution in [0.5, 0.6) is 0 Å². The molecule has 0 fully saturated rings. The first-order valence-electron chi connectivity index (χ1n) is 21.2. The maximum absolute atomic E-state index is 7.02. The summed E-state index contributed by atoms with van der Waals surface area (Å²) in [6.45, 7) is 0. The fourth-order valence-corrected chi connectivity index (χ4v) is 10.6. The molecule has 10 aromatic carbocycles. The van der Waals surface area contributed by atoms with Crippen molar-refractivity contribution < 1.29 is 8.83 Å². The molecule has 0 unspecified atom stereocenters. The molecule has 0 bridgehead atoms. The average molecular weight is 792 g/mol. The van der Waals surface area contributed by atoms with Crippen LogP contribution >= 0.6 is 0 Å². The molecule has 0 atom stereocenters. The second kappa shape index (κ2) is 13.4. The highest BCUT2D eigenvalue weighted by Gasteiger charge is 2.46. The molecular weight excluding hydrogens is 755 g/mol. The molecule has 0 radical (unpaired) electrons. The average Bonchev–Trinajstić information content (AvgIpc) is 4.00. The molecule has 0 N–H and O–H groups in total. The van der Waals surface area contributed by atoms with Crippen LogP contribution in [-0.4, -0.2) is 0 Å². The molecule has 13 rings (SSSR count). The Kier molecular flexibility index (Phi) is 7.52. The van der Waals surface area contributed by atoms with Crippen LogP contribution in [0, 0.1) is 0 Å². The minimum absolute atomic E-state index is 0.542. The van der Waals surface area contributed by atoms with Gasteiger partial charge in [-0.3, -0.25) is 0 Å². The van der Waals surface area contributed by atoms with Crippen LogP contribution in [0.4, 0.5) is 17.1 Å². The number of anilines is 3. The lowest BCUT2D eigenvalue weighted by molar-refractivity contribution is 0.663. The van der Waals surface area contributed by atoms with Gasteiger partial charge in [-0.2, -0.15) is 0 Å². The molecule has 1 aliphatic rings. The van der Waals surface area contributed by atoms with E-state index in [4.69, 9.17) is 8.83 Å². The van der Waals surface area contributed by atoms with Gasteiger partial charge in [-0.05, 0) is 104 Å². The zero-order chi connectivity index (χ0) is 40.8. The molecule has 290 valence electrons. The third-order valence-corrected chi connectivity index (χ3v) is 13.1. The van der Waals surface area contributed by atoms with E-state index < -0.39 is 5.41 Å². The zero-order valence-electron chi connectivity index (χ0n) is 33.6. The Labute approximate surface area is 358 Å². The van der Waals surface area contributed by atoms with E-state index in [0.717, 1.165) is 72.1 Å². The lowest BCUT2D eigenvalue weighted by Crippen LogP contribution is -2.28. The molecule has 0 amide bonds. The largest absolute Gasteiger partial charge is 0.456 e. The third kappa shape index (κ3) is 4.94. The normalized spacial score (nSPS) is 13.0. The Morgan fingerprint density at radius 3 is 1.71 bits per heavy atom. The highest BCUT2D eigenvalue weighted by Crippen LogP contribution is 2.57. The van der Waals surface area contributed by atoms with Crippen molar-refractivity contribution in [2.24, 2.45) is 0 Å². The minimum Gasteiger partial charge on any atom is -0.456 e. The number of rotatable bonds is 6. The Balaban J connectivity index is 1.14. The molecule has 0 aliphatic heterocycles. The van der Waals surface area contributed by atoms with Crippen molar-refractivity contribution in [3.8, 4) is 22.3 Å². The monoisotopic (exact) mass is 791 g/mol. The van der Waals surface area contributed by atoms with Gasteiger partial charge in [-0.15, -0.1) is 0 Å². The first kappa shape index (κ1) is 34.7. The number of benzene rings is 10. The van der Waals surface area contributed by atoms with Crippen LogP contribution in [0.1, 0.15) is 22.3 Å². The van der Waals surface area contributed by atoms with Gasteiger partial charge in [0.1, 0.15) is 22.3 Å². The van der Waals surface area contributed by atoms with E-state index >= 15 is 0 Å². The number of furan rings is 2. The Bertz CT molecular complexity index is 3650. The summed E-state index contributed by atoms with van der Waals surface area (Å²) in [5.41, 5.74) is 15.7. The van der Waals surface area contributed by atoms with Crippen LogP contribution in [0.25, 0.3) is 76.9 Å². The van der Waals surface area contributed by atoms with Crippen LogP contribution in [0.3, 0.4) is 0 Å². The Morgan fingerprint density at radius 1 is 0.323 bits per heavy atom. The fraction of sp³-hybridized carbons (Fsp3) is 0.0169. The molecule has 12 aromatic rings. The molecule has 0 saturated heterocycles. The molecule has 3 heteroatoms. The minimum atomic E-state index is -0.542. The summed E-state index contributed by atoms with van der Waals surface area (Å²) in [5, 5.41) is 6.58. The van der Waals surface area contributed by atoms with Gasteiger partial charge in [0, 0.05) is 44.2 Å². The van der Waals surface area contributed by atoms with Gasteiger partial charge in [0.15, 0.2) is 0 Å². The molecule has 2 heterocycles. The highest BCUT2D eigenvalue weighted by atomic mass is 16.3. The van der Waals surface area contributed by atoms with Gasteiger partial charge in [0.25, 0.3) is 0 Å². The van der Waals surface area contributed by atoms with Crippen LogP contribution in [-0.2, 0) is 5.41 Å². The van der Waals surface area contributed by atoms with E-state index in [9.17, 15) is 0 Å². The van der Waals surface area contributed by atoms with Crippen LogP contribution < -0.4 is 4.90 Å². The second-order valence-electron chi connectivity index (χ2n) is 16.3. The number of fused-ring (bicyclic) bond motifs is 11. The lowest BCUT2D eigenvalue weighted by atomic mass is 9.67. The molecule has 3 nitrogen and oxygen atoms in total. The van der Waals surface area contributed by atoms with E-state index in [0.29, 0.717) is 0 Å². The first-order chi connectivity index (χ1) is 30.8. The molecule has 0 saturated carbocycles. The van der Waals surface area contributed by atoms with Gasteiger partial charge in [0.05, 0.1) is 5.41 Å². The van der Waals surface area contributed by atoms with E-state index in [-0.39, 0.29) is 0 Å². The molecular formula is C59H37NO2. The topological polar surface area (TPSA) is 29.5 Å². The molecule has 0 spiro atoms. The molecule has 1 aliphatic carbocycles. The lowest BCUT2D eigenvalue weighted by Gasteiger charge is -2.35. The number of hydrogen-bond acceptors (Lipinski definition) is 3. The summed E-state index contributed by atoms with van der Waals surface area (Å²) >= 11 is 0. The van der Waals surface area contributed by atoms with Gasteiger partial charge in [-0.25, -0.2) is 0 Å². The van der Waals surface area contributed by atoms with E-state index in [2.05, 4.69) is 211 Å². The first-order valence-corrected chi connectivity index (χ1v) is 21.2. The van der Waals surface area contributed by atoms with E-state index in [1.165, 1.54) is 44.2 Å². The smallest absolute Gasteiger partial charge is 0.143 e. The van der Waals surface area contributed by atoms with E-state index in [1.54, 1.807) is 0 Å². The number of para-hydroxylation sites is 2. The maximum Gasteiger partial charge on any atom is 0.143 e. The van der Waals surface area contributed by atoms with Crippen molar-refractivity contribution >= 4 is 71.7 Å². The van der Waals surface area contributed by atoms with Crippen molar-refractivity contribution in [1.82, 2.24) is 0 Å². The summed E-state index contributed by atoms with van der Waals surface area (Å²) in [7, 11) is 0. The standard InChI is InChI=1S/C59H37NO2/c1-4-19-39(20-5-1)59(40-21-6-2-7-22-40)51-29-14-12-26-46(51)47-32-31-42(37-52(47)59)60(41-23-8-3-9-24-41)43-35-49(45-28-16-18-38-17-10-11-25-44(38)45)58-50(36-43)57-55(62-58)34-33-54-56(57)48-27-13-15-30-53(48)61-54/h1-37H. The van der Waals surface area contributed by atoms with Crippen molar-refractivity contribution in [3.63, 3.8) is 0 Å². The van der Waals surface area contributed by atoms with E-state index in [1.807, 2.05) is 18.2 Å². The van der Waals surface area contributed by atoms with Gasteiger partial charge in [-0.1, -0.05) is 170 Å². The van der Waals surface area contributed by atoms with Crippen molar-refractivity contribution in [2.45, 2.75) is 5.41 Å². The van der Waals surface area contributed by atoms with Crippen molar-refractivity contribution in [1.29, 1.82) is 0 Å². The highest BCUT2D eigenvalue weighted by molar-refractivity contribution is 6.27. The van der Waals surface area contributed by atoms with Crippen LogP contribution in [0.15, 0.2) is 233 Å². The zero-order valence-corrected chi connectivity index (χ0v) is 33.6. The number of hydrogen-bond donors (Lipinski definition) is 0. The summed E-state index contributed by atoms with van der Waals surface area (Å²) in [5.74, 6) is 0. The predicted octanol–water partition coefficient (Wildman–Crippen LogP) is 16.1. The fourth-order valence-electron chi connectivity index (χ4n) is 10.6. The Morgan fingerprint density at radius 2 is 0.919 bits per heavy atom. The van der Waals surface area contributed by atoms with Gasteiger partial charge >= 0.3 is 0 Å². The molecule has 62 heavy (non-hydrogen) atoms. The quantitative estimate of drug-likeness (QED) is 0.168. The maximum atomic E-state index is 7.02. The third-order valence-electron chi connectivity index (χ3n) is 13.1. The second-order valence-corrected chi connectivity index (χ2v) is 16.3. The summed E-state index contributed by atoms with van der Waals surface area (Å²) in [6, 6.07) is 81.1. The summed E-state index contributed by atoms with van der Waals surface area (Å²) in [6.07, 6.45) is 0.